The first-order valence-electron chi connectivity index (χ1n) is 5.43. The molecule has 1 aromatic heterocycles. The molecule has 0 radical (unpaired) electrons. The van der Waals surface area contributed by atoms with Crippen LogP contribution >= 0.6 is 0 Å². The highest BCUT2D eigenvalue weighted by atomic mass is 16.3. The highest BCUT2D eigenvalue weighted by molar-refractivity contribution is 5.79. The van der Waals surface area contributed by atoms with Crippen molar-refractivity contribution in [2.75, 3.05) is 13.2 Å². The Morgan fingerprint density at radius 1 is 1.38 bits per heavy atom. The van der Waals surface area contributed by atoms with Crippen molar-refractivity contribution in [3.8, 4) is 0 Å². The third-order valence-electron chi connectivity index (χ3n) is 2.85. The lowest BCUT2D eigenvalue weighted by molar-refractivity contribution is 0.265. The van der Waals surface area contributed by atoms with E-state index >= 15 is 0 Å². The van der Waals surface area contributed by atoms with Gasteiger partial charge >= 0.3 is 0 Å². The second-order valence-electron chi connectivity index (χ2n) is 4.00. The highest BCUT2D eigenvalue weighted by Crippen LogP contribution is 2.21. The van der Waals surface area contributed by atoms with Crippen molar-refractivity contribution in [3.63, 3.8) is 0 Å². The predicted octanol–water partition coefficient (Wildman–Crippen LogP) is 1.58. The average Bonchev–Trinajstić information content (AvgIpc) is 2.31. The Labute approximate surface area is 94.9 Å². The van der Waals surface area contributed by atoms with Crippen LogP contribution in [-0.2, 0) is 0 Å². The lowest BCUT2D eigenvalue weighted by Gasteiger charge is -2.14. The maximum atomic E-state index is 9.26. The largest absolute Gasteiger partial charge is 0.396 e. The molecule has 0 saturated heterocycles. The first-order chi connectivity index (χ1) is 7.76. The van der Waals surface area contributed by atoms with Gasteiger partial charge in [0.05, 0.1) is 17.8 Å². The molecule has 0 aliphatic rings. The zero-order valence-electron chi connectivity index (χ0n) is 9.35. The molecule has 0 fully saturated rings. The van der Waals surface area contributed by atoms with Crippen LogP contribution in [0.2, 0.25) is 0 Å². The smallest absolute Gasteiger partial charge is 0.0705 e. The second kappa shape index (κ2) is 4.60. The van der Waals surface area contributed by atoms with E-state index in [2.05, 4.69) is 11.1 Å². The first-order valence-corrected chi connectivity index (χ1v) is 5.43. The monoisotopic (exact) mass is 216 g/mol. The van der Waals surface area contributed by atoms with E-state index in [0.29, 0.717) is 6.54 Å². The van der Waals surface area contributed by atoms with Crippen LogP contribution in [0.3, 0.4) is 0 Å². The molecule has 0 bridgehead atoms. The van der Waals surface area contributed by atoms with Gasteiger partial charge in [0.1, 0.15) is 0 Å². The molecule has 2 aromatic rings. The Balaban J connectivity index is 2.57. The van der Waals surface area contributed by atoms with Gasteiger partial charge in [0.15, 0.2) is 0 Å². The molecule has 16 heavy (non-hydrogen) atoms. The van der Waals surface area contributed by atoms with Gasteiger partial charge in [-0.05, 0) is 24.6 Å². The number of aryl methyl sites for hydroxylation is 1. The molecule has 1 atom stereocenters. The molecule has 1 aromatic carbocycles. The third-order valence-corrected chi connectivity index (χ3v) is 2.85. The van der Waals surface area contributed by atoms with Gasteiger partial charge in [-0.2, -0.15) is 0 Å². The van der Waals surface area contributed by atoms with E-state index in [1.807, 2.05) is 31.2 Å². The van der Waals surface area contributed by atoms with E-state index in [0.717, 1.165) is 22.2 Å². The van der Waals surface area contributed by atoms with Crippen LogP contribution < -0.4 is 5.73 Å². The average molecular weight is 216 g/mol. The second-order valence-corrected chi connectivity index (χ2v) is 4.00. The summed E-state index contributed by atoms with van der Waals surface area (Å²) in [4.78, 5) is 4.58. The number of fused-ring (bicyclic) bond motifs is 1. The van der Waals surface area contributed by atoms with Crippen LogP contribution in [0, 0.1) is 6.92 Å². The Bertz CT molecular complexity index is 492. The first kappa shape index (κ1) is 11.0. The van der Waals surface area contributed by atoms with Crippen molar-refractivity contribution >= 4 is 10.9 Å². The van der Waals surface area contributed by atoms with Crippen LogP contribution in [0.15, 0.2) is 30.3 Å². The summed E-state index contributed by atoms with van der Waals surface area (Å²) >= 11 is 0. The summed E-state index contributed by atoms with van der Waals surface area (Å²) in [6.45, 7) is 2.47. The number of nitrogens with zero attached hydrogens (tertiary/aromatic N) is 1. The molecule has 0 saturated carbocycles. The van der Waals surface area contributed by atoms with Gasteiger partial charge < -0.3 is 10.8 Å². The number of aromatic nitrogens is 1. The molecule has 0 spiro atoms. The van der Waals surface area contributed by atoms with Crippen LogP contribution in [0.4, 0.5) is 0 Å². The third kappa shape index (κ3) is 1.92. The summed E-state index contributed by atoms with van der Waals surface area (Å²) in [6, 6.07) is 10.1. The molecule has 1 unspecified atom stereocenters. The Hall–Kier alpha value is -1.45. The fraction of sp³-hybridized carbons (Fsp3) is 0.308. The van der Waals surface area contributed by atoms with Crippen LogP contribution in [-0.4, -0.2) is 23.2 Å². The standard InChI is InChI=1S/C13H16N2O/c1-9-6-10-4-2-3-5-12(10)15-13(9)11(7-14)8-16/h2-6,11,16H,7-8,14H2,1H3. The van der Waals surface area contributed by atoms with Crippen molar-refractivity contribution in [1.29, 1.82) is 0 Å². The van der Waals surface area contributed by atoms with E-state index in [9.17, 15) is 5.11 Å². The van der Waals surface area contributed by atoms with Crippen LogP contribution in [0.5, 0.6) is 0 Å². The van der Waals surface area contributed by atoms with E-state index in [1.165, 1.54) is 0 Å². The minimum Gasteiger partial charge on any atom is -0.396 e. The SMILES string of the molecule is Cc1cc2ccccc2nc1C(CN)CO. The summed E-state index contributed by atoms with van der Waals surface area (Å²) in [5.74, 6) is -0.0652. The van der Waals surface area contributed by atoms with Crippen LogP contribution in [0.1, 0.15) is 17.2 Å². The molecule has 3 N–H and O–H groups in total. The number of pyridine rings is 1. The lowest BCUT2D eigenvalue weighted by Crippen LogP contribution is -2.18. The van der Waals surface area contributed by atoms with Gasteiger partial charge in [-0.25, -0.2) is 0 Å². The fourth-order valence-electron chi connectivity index (χ4n) is 1.92. The van der Waals surface area contributed by atoms with Crippen molar-refractivity contribution in [1.82, 2.24) is 4.98 Å². The number of hydrogen-bond donors (Lipinski definition) is 2. The summed E-state index contributed by atoms with van der Waals surface area (Å²) < 4.78 is 0. The highest BCUT2D eigenvalue weighted by Gasteiger charge is 2.13. The zero-order chi connectivity index (χ0) is 11.5. The molecule has 0 aliphatic carbocycles. The van der Waals surface area contributed by atoms with Crippen molar-refractivity contribution in [2.45, 2.75) is 12.8 Å². The van der Waals surface area contributed by atoms with E-state index in [1.54, 1.807) is 0 Å². The quantitative estimate of drug-likeness (QED) is 0.819. The van der Waals surface area contributed by atoms with Gasteiger partial charge in [0, 0.05) is 17.8 Å². The lowest BCUT2D eigenvalue weighted by atomic mass is 10.00. The van der Waals surface area contributed by atoms with E-state index in [-0.39, 0.29) is 12.5 Å². The molecular weight excluding hydrogens is 200 g/mol. The van der Waals surface area contributed by atoms with Gasteiger partial charge in [-0.3, -0.25) is 4.98 Å². The van der Waals surface area contributed by atoms with Gasteiger partial charge in [0.25, 0.3) is 0 Å². The van der Waals surface area contributed by atoms with E-state index < -0.39 is 0 Å². The number of aliphatic hydroxyl groups excluding tert-OH is 1. The zero-order valence-corrected chi connectivity index (χ0v) is 9.35. The Kier molecular flexibility index (Phi) is 3.17. The van der Waals surface area contributed by atoms with Gasteiger partial charge in [-0.1, -0.05) is 18.2 Å². The maximum Gasteiger partial charge on any atom is 0.0705 e. The van der Waals surface area contributed by atoms with Crippen molar-refractivity contribution in [3.05, 3.63) is 41.6 Å². The summed E-state index contributed by atoms with van der Waals surface area (Å²) in [7, 11) is 0. The molecule has 0 aliphatic heterocycles. The summed E-state index contributed by atoms with van der Waals surface area (Å²) in [5.41, 5.74) is 8.57. The number of benzene rings is 1. The number of rotatable bonds is 3. The Morgan fingerprint density at radius 2 is 2.12 bits per heavy atom. The minimum absolute atomic E-state index is 0.0443. The molecular formula is C13H16N2O. The number of para-hydroxylation sites is 1. The van der Waals surface area contributed by atoms with Gasteiger partial charge in [0.2, 0.25) is 0 Å². The molecule has 1 heterocycles. The molecule has 2 rings (SSSR count). The van der Waals surface area contributed by atoms with E-state index in [4.69, 9.17) is 5.73 Å². The molecule has 3 heteroatoms. The normalized spacial score (nSPS) is 12.9. The summed E-state index contributed by atoms with van der Waals surface area (Å²) in [6.07, 6.45) is 0. The topological polar surface area (TPSA) is 59.1 Å². The number of aliphatic hydroxyl groups is 1. The maximum absolute atomic E-state index is 9.26. The molecule has 0 amide bonds. The minimum atomic E-state index is -0.0652. The van der Waals surface area contributed by atoms with Crippen molar-refractivity contribution in [2.24, 2.45) is 5.73 Å². The van der Waals surface area contributed by atoms with Crippen LogP contribution in [0.25, 0.3) is 10.9 Å². The number of hydrogen-bond acceptors (Lipinski definition) is 3. The van der Waals surface area contributed by atoms with Crippen molar-refractivity contribution < 1.29 is 5.11 Å². The molecule has 3 nitrogen and oxygen atoms in total. The molecule has 84 valence electrons. The number of nitrogens with two attached hydrogens (primary N) is 1. The fourth-order valence-corrected chi connectivity index (χ4v) is 1.92. The van der Waals surface area contributed by atoms with Gasteiger partial charge in [-0.15, -0.1) is 0 Å². The summed E-state index contributed by atoms with van der Waals surface area (Å²) in [5, 5.41) is 10.4. The Morgan fingerprint density at radius 3 is 2.81 bits per heavy atom. The predicted molar refractivity (Wildman–Crippen MR) is 65.4 cm³/mol.